The zero-order valence-electron chi connectivity index (χ0n) is 9.50. The lowest BCUT2D eigenvalue weighted by Gasteiger charge is -2.12. The van der Waals surface area contributed by atoms with Crippen LogP contribution in [0.15, 0.2) is 29.2 Å². The quantitative estimate of drug-likeness (QED) is 0.765. The van der Waals surface area contributed by atoms with E-state index in [1.807, 2.05) is 19.1 Å². The highest BCUT2D eigenvalue weighted by molar-refractivity contribution is 7.92. The van der Waals surface area contributed by atoms with Crippen molar-refractivity contribution in [3.05, 3.63) is 29.8 Å². The summed E-state index contributed by atoms with van der Waals surface area (Å²) >= 11 is 0. The Hall–Kier alpha value is -0.480. The minimum Gasteiger partial charge on any atom is -0.311 e. The molecular weight excluding hydrogens is 247 g/mol. The van der Waals surface area contributed by atoms with Crippen LogP contribution in [0.3, 0.4) is 0 Å². The molecule has 1 rings (SSSR count). The second kappa shape index (κ2) is 5.73. The lowest BCUT2D eigenvalue weighted by molar-refractivity contribution is 0.280. The minimum atomic E-state index is -3.21. The van der Waals surface area contributed by atoms with Crippen molar-refractivity contribution >= 4 is 18.4 Å². The monoisotopic (exact) mass is 262 g/mol. The Balaban J connectivity index is 2.80. The number of rotatable bonds is 5. The van der Waals surface area contributed by atoms with Crippen LogP contribution in [-0.4, -0.2) is 23.9 Å². The maximum atomic E-state index is 11.9. The number of benzene rings is 1. The summed E-state index contributed by atoms with van der Waals surface area (Å²) < 4.78 is 33.1. The molecule has 1 aromatic rings. The van der Waals surface area contributed by atoms with Crippen LogP contribution in [0.25, 0.3) is 0 Å². The second-order valence-corrected chi connectivity index (χ2v) is 7.41. The molecule has 0 aromatic heterocycles. The summed E-state index contributed by atoms with van der Waals surface area (Å²) in [7, 11) is -2.01. The van der Waals surface area contributed by atoms with Crippen LogP contribution < -0.4 is 0 Å². The molecule has 0 N–H and O–H groups in total. The Morgan fingerprint density at radius 2 is 1.69 bits per heavy atom. The van der Waals surface area contributed by atoms with Crippen molar-refractivity contribution in [3.63, 3.8) is 0 Å². The van der Waals surface area contributed by atoms with Gasteiger partial charge in [0, 0.05) is 19.1 Å². The van der Waals surface area contributed by atoms with Crippen molar-refractivity contribution in [1.82, 2.24) is 0 Å². The van der Waals surface area contributed by atoms with E-state index >= 15 is 0 Å². The minimum absolute atomic E-state index is 0.122. The van der Waals surface area contributed by atoms with E-state index in [9.17, 15) is 8.77 Å². The van der Waals surface area contributed by atoms with Gasteiger partial charge in [-0.1, -0.05) is 17.7 Å². The summed E-state index contributed by atoms with van der Waals surface area (Å²) in [5.74, 6) is 0. The molecule has 0 spiro atoms. The van der Waals surface area contributed by atoms with Gasteiger partial charge < -0.3 is 9.05 Å². The van der Waals surface area contributed by atoms with Gasteiger partial charge in [0.05, 0.1) is 10.8 Å². The first-order valence-corrected chi connectivity index (χ1v) is 7.71. The summed E-state index contributed by atoms with van der Waals surface area (Å²) in [6.07, 6.45) is 0. The Morgan fingerprint density at radius 1 is 1.19 bits per heavy atom. The highest BCUT2D eigenvalue weighted by Gasteiger charge is 2.25. The van der Waals surface area contributed by atoms with Crippen molar-refractivity contribution in [1.29, 1.82) is 0 Å². The molecule has 0 heterocycles. The van der Waals surface area contributed by atoms with E-state index in [-0.39, 0.29) is 5.49 Å². The van der Waals surface area contributed by atoms with E-state index in [0.29, 0.717) is 4.90 Å². The Labute approximate surface area is 98.0 Å². The zero-order chi connectivity index (χ0) is 12.2. The molecule has 0 saturated carbocycles. The third-order valence-electron chi connectivity index (χ3n) is 2.12. The van der Waals surface area contributed by atoms with Crippen LogP contribution in [-0.2, 0) is 24.4 Å². The molecule has 6 heteroatoms. The Bertz CT molecular complexity index is 407. The van der Waals surface area contributed by atoms with Crippen LogP contribution in [0.2, 0.25) is 0 Å². The fraction of sp³-hybridized carbons (Fsp3) is 0.400. The van der Waals surface area contributed by atoms with Crippen LogP contribution in [0.1, 0.15) is 5.56 Å². The van der Waals surface area contributed by atoms with Gasteiger partial charge in [0.15, 0.2) is 0 Å². The molecule has 1 aromatic carbocycles. The van der Waals surface area contributed by atoms with Crippen molar-refractivity contribution < 1.29 is 17.8 Å². The standard InChI is InChI=1S/C10H15O4PS/c1-9-4-6-10(7-5-9)16(12)8-15(11,13-2)14-3/h4-7H,8H2,1-3H3/t16-/m1/s1. The van der Waals surface area contributed by atoms with Crippen LogP contribution in [0.5, 0.6) is 0 Å². The molecule has 90 valence electrons. The molecule has 0 unspecified atom stereocenters. The van der Waals surface area contributed by atoms with E-state index in [1.54, 1.807) is 12.1 Å². The number of hydrogen-bond donors (Lipinski definition) is 0. The fourth-order valence-corrected chi connectivity index (χ4v) is 4.27. The maximum Gasteiger partial charge on any atom is 0.342 e. The number of aryl methyl sites for hydroxylation is 1. The van der Waals surface area contributed by atoms with E-state index < -0.39 is 18.4 Å². The highest BCUT2D eigenvalue weighted by Crippen LogP contribution is 2.47. The smallest absolute Gasteiger partial charge is 0.311 e. The molecule has 4 nitrogen and oxygen atoms in total. The normalized spacial score (nSPS) is 13.7. The van der Waals surface area contributed by atoms with Crippen LogP contribution in [0.4, 0.5) is 0 Å². The van der Waals surface area contributed by atoms with Crippen molar-refractivity contribution in [2.45, 2.75) is 11.8 Å². The zero-order valence-corrected chi connectivity index (χ0v) is 11.2. The summed E-state index contributed by atoms with van der Waals surface area (Å²) in [6, 6.07) is 7.22. The molecule has 0 aliphatic carbocycles. The first-order valence-electron chi connectivity index (χ1n) is 4.66. The van der Waals surface area contributed by atoms with E-state index in [1.165, 1.54) is 14.2 Å². The summed E-state index contributed by atoms with van der Waals surface area (Å²) in [4.78, 5) is 0.625. The van der Waals surface area contributed by atoms with Crippen molar-refractivity contribution in [2.75, 3.05) is 19.7 Å². The first kappa shape index (κ1) is 13.6. The predicted octanol–water partition coefficient (Wildman–Crippen LogP) is 2.55. The molecule has 0 amide bonds. The summed E-state index contributed by atoms with van der Waals surface area (Å²) in [6.45, 7) is 1.95. The molecule has 1 atom stereocenters. The molecule has 0 fully saturated rings. The molecule has 0 aliphatic rings. The van der Waals surface area contributed by atoms with Crippen molar-refractivity contribution in [3.8, 4) is 0 Å². The SMILES string of the molecule is COP(=O)(C[S@@](=O)c1ccc(C)cc1)OC. The summed E-state index contributed by atoms with van der Waals surface area (Å²) in [5, 5.41) is 0. The Kier molecular flexibility index (Phi) is 4.87. The largest absolute Gasteiger partial charge is 0.342 e. The molecule has 0 aliphatic heterocycles. The van der Waals surface area contributed by atoms with Gasteiger partial charge in [0.2, 0.25) is 0 Å². The molecule has 0 radical (unpaired) electrons. The predicted molar refractivity (Wildman–Crippen MR) is 64.1 cm³/mol. The average Bonchev–Trinajstić information content (AvgIpc) is 2.29. The Morgan fingerprint density at radius 3 is 2.12 bits per heavy atom. The van der Waals surface area contributed by atoms with Gasteiger partial charge in [-0.25, -0.2) is 0 Å². The van der Waals surface area contributed by atoms with Crippen molar-refractivity contribution in [2.24, 2.45) is 0 Å². The lowest BCUT2D eigenvalue weighted by atomic mass is 10.2. The van der Waals surface area contributed by atoms with Gasteiger partial charge >= 0.3 is 7.60 Å². The van der Waals surface area contributed by atoms with E-state index in [2.05, 4.69) is 0 Å². The van der Waals surface area contributed by atoms with Gasteiger partial charge in [0.25, 0.3) is 0 Å². The second-order valence-electron chi connectivity index (χ2n) is 3.26. The first-order chi connectivity index (χ1) is 7.50. The topological polar surface area (TPSA) is 52.6 Å². The maximum absolute atomic E-state index is 11.9. The van der Waals surface area contributed by atoms with Gasteiger partial charge in [-0.05, 0) is 19.1 Å². The lowest BCUT2D eigenvalue weighted by Crippen LogP contribution is -2.02. The van der Waals surface area contributed by atoms with Gasteiger partial charge in [0.1, 0.15) is 5.49 Å². The van der Waals surface area contributed by atoms with Crippen LogP contribution >= 0.6 is 7.60 Å². The van der Waals surface area contributed by atoms with Gasteiger partial charge in [-0.3, -0.25) is 8.77 Å². The van der Waals surface area contributed by atoms with Crippen LogP contribution in [0, 0.1) is 6.92 Å². The van der Waals surface area contributed by atoms with E-state index in [4.69, 9.17) is 9.05 Å². The van der Waals surface area contributed by atoms with E-state index in [0.717, 1.165) is 5.56 Å². The average molecular weight is 262 g/mol. The number of hydrogen-bond acceptors (Lipinski definition) is 4. The molecule has 16 heavy (non-hydrogen) atoms. The summed E-state index contributed by atoms with van der Waals surface area (Å²) in [5.41, 5.74) is 0.964. The molecule has 0 bridgehead atoms. The molecule has 0 saturated heterocycles. The third kappa shape index (κ3) is 3.52. The highest BCUT2D eigenvalue weighted by atomic mass is 32.2. The third-order valence-corrected chi connectivity index (χ3v) is 6.23. The van der Waals surface area contributed by atoms with Gasteiger partial charge in [-0.15, -0.1) is 0 Å². The molecular formula is C10H15O4PS. The van der Waals surface area contributed by atoms with Gasteiger partial charge in [-0.2, -0.15) is 0 Å². The fourth-order valence-electron chi connectivity index (χ4n) is 1.09.